The smallest absolute Gasteiger partial charge is 0.139 e. The first-order chi connectivity index (χ1) is 11.8. The van der Waals surface area contributed by atoms with Crippen LogP contribution in [0.3, 0.4) is 0 Å². The fourth-order valence-corrected chi connectivity index (χ4v) is 5.01. The van der Waals surface area contributed by atoms with Crippen LogP contribution < -0.4 is 5.32 Å². The molecule has 1 fully saturated rings. The van der Waals surface area contributed by atoms with Crippen LogP contribution in [0.2, 0.25) is 0 Å². The predicted octanol–water partition coefficient (Wildman–Crippen LogP) is 5.24. The van der Waals surface area contributed by atoms with Crippen LogP contribution >= 0.6 is 0 Å². The Balaban J connectivity index is 1.71. The zero-order chi connectivity index (χ0) is 16.1. The molecule has 122 valence electrons. The normalized spacial score (nSPS) is 21.8. The minimum atomic E-state index is 0.176. The van der Waals surface area contributed by atoms with E-state index in [1.54, 1.807) is 6.07 Å². The maximum absolute atomic E-state index is 10.2. The van der Waals surface area contributed by atoms with Gasteiger partial charge in [-0.05, 0) is 30.5 Å². The minimum absolute atomic E-state index is 0.176. The highest BCUT2D eigenvalue weighted by atomic mass is 16.3. The molecule has 1 unspecified atom stereocenters. The van der Waals surface area contributed by atoms with Gasteiger partial charge in [-0.2, -0.15) is 0 Å². The van der Waals surface area contributed by atoms with Gasteiger partial charge >= 0.3 is 0 Å². The highest BCUT2D eigenvalue weighted by Gasteiger charge is 2.48. The topological polar surface area (TPSA) is 48.0 Å². The molecule has 1 saturated carbocycles. The maximum atomic E-state index is 10.2. The van der Waals surface area contributed by atoms with Crippen LogP contribution in [0.1, 0.15) is 49.3 Å². The van der Waals surface area contributed by atoms with Gasteiger partial charge in [-0.1, -0.05) is 49.6 Å². The molecule has 24 heavy (non-hydrogen) atoms. The van der Waals surface area contributed by atoms with Gasteiger partial charge in [0.2, 0.25) is 0 Å². The molecule has 1 atom stereocenters. The van der Waals surface area contributed by atoms with E-state index in [9.17, 15) is 5.11 Å². The average molecular weight is 318 g/mol. The van der Waals surface area contributed by atoms with E-state index < -0.39 is 0 Å². The van der Waals surface area contributed by atoms with Crippen LogP contribution in [-0.4, -0.2) is 10.1 Å². The number of hydrogen-bond donors (Lipinski definition) is 3. The van der Waals surface area contributed by atoms with E-state index in [0.717, 1.165) is 10.9 Å². The summed E-state index contributed by atoms with van der Waals surface area (Å²) in [7, 11) is 0. The van der Waals surface area contributed by atoms with Gasteiger partial charge in [0, 0.05) is 28.2 Å². The van der Waals surface area contributed by atoms with E-state index in [4.69, 9.17) is 0 Å². The molecule has 3 aromatic rings. The summed E-state index contributed by atoms with van der Waals surface area (Å²) < 4.78 is 0. The SMILES string of the molecule is Oc1cccc2c(C3Nc4ccccc4C34CCCCC4)c[nH]c12. The van der Waals surface area contributed by atoms with E-state index in [-0.39, 0.29) is 11.5 Å². The Morgan fingerprint density at radius 3 is 2.67 bits per heavy atom. The number of para-hydroxylation sites is 2. The molecule has 3 nitrogen and oxygen atoms in total. The number of phenols is 1. The molecule has 1 aromatic heterocycles. The number of anilines is 1. The molecule has 0 amide bonds. The lowest BCUT2D eigenvalue weighted by atomic mass is 9.65. The van der Waals surface area contributed by atoms with E-state index in [0.29, 0.717) is 5.75 Å². The minimum Gasteiger partial charge on any atom is -0.506 e. The van der Waals surface area contributed by atoms with Crippen molar-refractivity contribution in [1.82, 2.24) is 4.98 Å². The number of aromatic nitrogens is 1. The molecule has 0 saturated heterocycles. The monoisotopic (exact) mass is 318 g/mol. The molecular formula is C21H22N2O. The molecule has 0 bridgehead atoms. The summed E-state index contributed by atoms with van der Waals surface area (Å²) in [6.07, 6.45) is 8.47. The molecule has 1 spiro atoms. The van der Waals surface area contributed by atoms with Gasteiger partial charge < -0.3 is 15.4 Å². The van der Waals surface area contributed by atoms with Gasteiger partial charge in [-0.3, -0.25) is 0 Å². The molecule has 2 heterocycles. The maximum Gasteiger partial charge on any atom is 0.139 e. The Hall–Kier alpha value is -2.42. The van der Waals surface area contributed by atoms with Crippen LogP contribution in [0.5, 0.6) is 5.75 Å². The second-order valence-corrected chi connectivity index (χ2v) is 7.28. The zero-order valence-electron chi connectivity index (χ0n) is 13.7. The Labute approximate surface area is 141 Å². The number of rotatable bonds is 1. The number of aromatic hydroxyl groups is 1. The van der Waals surface area contributed by atoms with Crippen molar-refractivity contribution in [2.45, 2.75) is 43.6 Å². The molecule has 2 aliphatic rings. The Morgan fingerprint density at radius 2 is 1.79 bits per heavy atom. The number of nitrogens with one attached hydrogen (secondary N) is 2. The van der Waals surface area contributed by atoms with Crippen molar-refractivity contribution in [2.24, 2.45) is 0 Å². The predicted molar refractivity (Wildman–Crippen MR) is 97.5 cm³/mol. The van der Waals surface area contributed by atoms with Gasteiger partial charge in [-0.15, -0.1) is 0 Å². The fourth-order valence-electron chi connectivity index (χ4n) is 5.01. The molecule has 0 radical (unpaired) electrons. The van der Waals surface area contributed by atoms with Crippen molar-refractivity contribution < 1.29 is 5.11 Å². The third-order valence-electron chi connectivity index (χ3n) is 6.10. The van der Waals surface area contributed by atoms with E-state index in [1.807, 2.05) is 6.07 Å². The van der Waals surface area contributed by atoms with Gasteiger partial charge in [0.15, 0.2) is 0 Å². The molecule has 2 aromatic carbocycles. The lowest BCUT2D eigenvalue weighted by molar-refractivity contribution is 0.271. The van der Waals surface area contributed by atoms with Crippen LogP contribution in [0.15, 0.2) is 48.7 Å². The zero-order valence-corrected chi connectivity index (χ0v) is 13.7. The van der Waals surface area contributed by atoms with E-state index >= 15 is 0 Å². The van der Waals surface area contributed by atoms with Crippen LogP contribution in [0, 0.1) is 0 Å². The quantitative estimate of drug-likeness (QED) is 0.574. The van der Waals surface area contributed by atoms with Crippen molar-refractivity contribution in [3.05, 3.63) is 59.8 Å². The number of phenolic OH excluding ortho intramolecular Hbond substituents is 1. The molecule has 1 aliphatic carbocycles. The first-order valence-corrected chi connectivity index (χ1v) is 8.95. The molecule has 5 rings (SSSR count). The van der Waals surface area contributed by atoms with E-state index in [1.165, 1.54) is 48.9 Å². The summed E-state index contributed by atoms with van der Waals surface area (Å²) in [6.45, 7) is 0. The Bertz CT molecular complexity index is 905. The van der Waals surface area contributed by atoms with E-state index in [2.05, 4.69) is 46.8 Å². The second-order valence-electron chi connectivity index (χ2n) is 7.28. The first kappa shape index (κ1) is 14.0. The highest BCUT2D eigenvalue weighted by Crippen LogP contribution is 2.56. The number of fused-ring (bicyclic) bond motifs is 3. The standard InChI is InChI=1S/C21H22N2O/c24-18-10-6-7-14-15(13-22-19(14)18)20-21(11-4-1-5-12-21)16-8-2-3-9-17(16)23-20/h2-3,6-10,13,20,22-24H,1,4-5,11-12H2. The van der Waals surface area contributed by atoms with Crippen molar-refractivity contribution in [1.29, 1.82) is 0 Å². The van der Waals surface area contributed by atoms with Gasteiger partial charge in [0.05, 0.1) is 11.6 Å². The molecule has 3 heteroatoms. The lowest BCUT2D eigenvalue weighted by Gasteiger charge is -2.39. The number of aromatic amines is 1. The molecule has 1 aliphatic heterocycles. The summed E-state index contributed by atoms with van der Waals surface area (Å²) in [4.78, 5) is 3.29. The van der Waals surface area contributed by atoms with Crippen molar-refractivity contribution in [3.8, 4) is 5.75 Å². The van der Waals surface area contributed by atoms with Gasteiger partial charge in [0.25, 0.3) is 0 Å². The highest BCUT2D eigenvalue weighted by molar-refractivity contribution is 5.89. The van der Waals surface area contributed by atoms with Crippen LogP contribution in [0.25, 0.3) is 10.9 Å². The summed E-state index contributed by atoms with van der Waals surface area (Å²) >= 11 is 0. The second kappa shape index (κ2) is 5.04. The summed E-state index contributed by atoms with van der Waals surface area (Å²) in [6, 6.07) is 14.9. The van der Waals surface area contributed by atoms with Crippen LogP contribution in [-0.2, 0) is 5.41 Å². The molecule has 3 N–H and O–H groups in total. The third kappa shape index (κ3) is 1.78. The van der Waals surface area contributed by atoms with Gasteiger partial charge in [-0.25, -0.2) is 0 Å². The van der Waals surface area contributed by atoms with Crippen molar-refractivity contribution in [2.75, 3.05) is 5.32 Å². The lowest BCUT2D eigenvalue weighted by Crippen LogP contribution is -2.34. The van der Waals surface area contributed by atoms with Crippen molar-refractivity contribution in [3.63, 3.8) is 0 Å². The van der Waals surface area contributed by atoms with Crippen LogP contribution in [0.4, 0.5) is 5.69 Å². The Morgan fingerprint density at radius 1 is 0.958 bits per heavy atom. The number of hydrogen-bond acceptors (Lipinski definition) is 2. The third-order valence-corrected chi connectivity index (χ3v) is 6.10. The Kier molecular flexibility index (Phi) is 2.93. The number of H-pyrrole nitrogens is 1. The largest absolute Gasteiger partial charge is 0.506 e. The fraction of sp³-hybridized carbons (Fsp3) is 0.333. The summed E-state index contributed by atoms with van der Waals surface area (Å²) in [5, 5.41) is 15.1. The average Bonchev–Trinajstić information content (AvgIpc) is 3.17. The van der Waals surface area contributed by atoms with Gasteiger partial charge in [0.1, 0.15) is 5.75 Å². The number of benzene rings is 2. The first-order valence-electron chi connectivity index (χ1n) is 8.95. The van der Waals surface area contributed by atoms with Crippen molar-refractivity contribution >= 4 is 16.6 Å². The summed E-state index contributed by atoms with van der Waals surface area (Å²) in [5.41, 5.74) is 5.05. The summed E-state index contributed by atoms with van der Waals surface area (Å²) in [5.74, 6) is 0.326. The molecular weight excluding hydrogens is 296 g/mol.